The Balaban J connectivity index is 2.02. The third-order valence-electron chi connectivity index (χ3n) is 3.01. The molecule has 0 aliphatic rings. The summed E-state index contributed by atoms with van der Waals surface area (Å²) in [5.41, 5.74) is 0. The van der Waals surface area contributed by atoms with E-state index in [-0.39, 0.29) is 10.8 Å². The normalized spacial score (nSPS) is 11.1. The fraction of sp³-hybridized carbons (Fsp3) is 0.235. The van der Waals surface area contributed by atoms with Gasteiger partial charge in [-0.15, -0.1) is 0 Å². The van der Waals surface area contributed by atoms with Crippen molar-refractivity contribution < 1.29 is 17.9 Å². The average molecular weight is 348 g/mol. The minimum Gasteiger partial charge on any atom is -0.457 e. The predicted molar refractivity (Wildman–Crippen MR) is 91.5 cm³/mol. The van der Waals surface area contributed by atoms with E-state index in [4.69, 9.17) is 4.74 Å². The Labute approximate surface area is 141 Å². The first kappa shape index (κ1) is 17.8. The predicted octanol–water partition coefficient (Wildman–Crippen LogP) is 3.12. The van der Waals surface area contributed by atoms with E-state index in [1.165, 1.54) is 24.3 Å². The van der Waals surface area contributed by atoms with E-state index < -0.39 is 16.1 Å². The monoisotopic (exact) mass is 348 g/mol. The molecular formula is C17H20N2O4S. The Morgan fingerprint density at radius 2 is 1.58 bits per heavy atom. The molecule has 0 bridgehead atoms. The van der Waals surface area contributed by atoms with Crippen LogP contribution in [0.5, 0.6) is 11.5 Å². The number of para-hydroxylation sites is 1. The molecule has 0 saturated heterocycles. The van der Waals surface area contributed by atoms with Crippen molar-refractivity contribution in [1.82, 2.24) is 10.0 Å². The Morgan fingerprint density at radius 3 is 2.17 bits per heavy atom. The van der Waals surface area contributed by atoms with Gasteiger partial charge in [-0.25, -0.2) is 17.9 Å². The first-order chi connectivity index (χ1) is 11.4. The van der Waals surface area contributed by atoms with Crippen molar-refractivity contribution in [3.8, 4) is 11.5 Å². The zero-order valence-electron chi connectivity index (χ0n) is 13.5. The van der Waals surface area contributed by atoms with Gasteiger partial charge in [0.25, 0.3) is 10.0 Å². The molecular weight excluding hydrogens is 328 g/mol. The molecule has 2 aromatic carbocycles. The number of carbonyl (C=O) groups excluding carboxylic acids is 1. The van der Waals surface area contributed by atoms with Gasteiger partial charge in [-0.1, -0.05) is 32.0 Å². The van der Waals surface area contributed by atoms with Gasteiger partial charge in [0.1, 0.15) is 11.5 Å². The van der Waals surface area contributed by atoms with E-state index in [1.54, 1.807) is 12.1 Å². The summed E-state index contributed by atoms with van der Waals surface area (Å²) in [4.78, 5) is 11.6. The topological polar surface area (TPSA) is 84.5 Å². The largest absolute Gasteiger partial charge is 0.457 e. The molecule has 0 spiro atoms. The summed E-state index contributed by atoms with van der Waals surface area (Å²) in [6.07, 6.45) is 0. The van der Waals surface area contributed by atoms with Gasteiger partial charge in [0.05, 0.1) is 4.90 Å². The van der Waals surface area contributed by atoms with E-state index >= 15 is 0 Å². The van der Waals surface area contributed by atoms with Crippen molar-refractivity contribution in [2.75, 3.05) is 6.54 Å². The van der Waals surface area contributed by atoms with Gasteiger partial charge in [-0.05, 0) is 42.3 Å². The van der Waals surface area contributed by atoms with Crippen molar-refractivity contribution in [2.45, 2.75) is 18.7 Å². The lowest BCUT2D eigenvalue weighted by atomic mass is 10.2. The van der Waals surface area contributed by atoms with Crippen LogP contribution in [0, 0.1) is 5.92 Å². The SMILES string of the molecule is CC(C)CNC(=O)NS(=O)(=O)c1ccc(Oc2ccccc2)cc1. The van der Waals surface area contributed by atoms with Gasteiger partial charge in [0.2, 0.25) is 0 Å². The summed E-state index contributed by atoms with van der Waals surface area (Å²) < 4.78 is 31.9. The van der Waals surface area contributed by atoms with Crippen LogP contribution >= 0.6 is 0 Å². The third kappa shape index (κ3) is 5.27. The summed E-state index contributed by atoms with van der Waals surface area (Å²) in [6.45, 7) is 4.23. The molecule has 2 aromatic rings. The Bertz CT molecular complexity index is 772. The maximum atomic E-state index is 12.1. The van der Waals surface area contributed by atoms with Crippen LogP contribution in [0.2, 0.25) is 0 Å². The van der Waals surface area contributed by atoms with Gasteiger partial charge in [0.15, 0.2) is 0 Å². The molecule has 0 aliphatic heterocycles. The summed E-state index contributed by atoms with van der Waals surface area (Å²) in [7, 11) is -3.91. The van der Waals surface area contributed by atoms with E-state index in [9.17, 15) is 13.2 Å². The fourth-order valence-corrected chi connectivity index (χ4v) is 2.75. The van der Waals surface area contributed by atoms with Gasteiger partial charge in [-0.2, -0.15) is 0 Å². The maximum Gasteiger partial charge on any atom is 0.328 e. The highest BCUT2D eigenvalue weighted by atomic mass is 32.2. The Hall–Kier alpha value is -2.54. The molecule has 2 N–H and O–H groups in total. The van der Waals surface area contributed by atoms with Crippen molar-refractivity contribution in [3.05, 3.63) is 54.6 Å². The van der Waals surface area contributed by atoms with Crippen molar-refractivity contribution >= 4 is 16.1 Å². The van der Waals surface area contributed by atoms with E-state index in [2.05, 4.69) is 5.32 Å². The minimum atomic E-state index is -3.91. The minimum absolute atomic E-state index is 0.0115. The Kier molecular flexibility index (Phi) is 5.81. The van der Waals surface area contributed by atoms with Crippen LogP contribution in [-0.4, -0.2) is 21.0 Å². The molecule has 128 valence electrons. The van der Waals surface area contributed by atoms with E-state index in [0.717, 1.165) is 0 Å². The number of benzene rings is 2. The van der Waals surface area contributed by atoms with Crippen LogP contribution in [0.25, 0.3) is 0 Å². The second kappa shape index (κ2) is 7.83. The molecule has 6 nitrogen and oxygen atoms in total. The second-order valence-electron chi connectivity index (χ2n) is 5.60. The maximum absolute atomic E-state index is 12.1. The number of carbonyl (C=O) groups is 1. The number of sulfonamides is 1. The fourth-order valence-electron chi connectivity index (χ4n) is 1.83. The molecule has 0 heterocycles. The number of nitrogens with one attached hydrogen (secondary N) is 2. The average Bonchev–Trinajstić information content (AvgIpc) is 2.54. The lowest BCUT2D eigenvalue weighted by molar-refractivity contribution is 0.244. The highest BCUT2D eigenvalue weighted by Crippen LogP contribution is 2.22. The molecule has 0 unspecified atom stereocenters. The van der Waals surface area contributed by atoms with Gasteiger partial charge >= 0.3 is 6.03 Å². The van der Waals surface area contributed by atoms with Gasteiger partial charge < -0.3 is 10.1 Å². The number of rotatable bonds is 6. The molecule has 0 aliphatic carbocycles. The molecule has 0 radical (unpaired) electrons. The molecule has 0 aromatic heterocycles. The molecule has 7 heteroatoms. The van der Waals surface area contributed by atoms with Crippen LogP contribution in [-0.2, 0) is 10.0 Å². The van der Waals surface area contributed by atoms with Crippen LogP contribution < -0.4 is 14.8 Å². The zero-order valence-corrected chi connectivity index (χ0v) is 14.3. The summed E-state index contributed by atoms with van der Waals surface area (Å²) in [6, 6.07) is 14.2. The molecule has 24 heavy (non-hydrogen) atoms. The summed E-state index contributed by atoms with van der Waals surface area (Å²) in [5, 5.41) is 2.50. The van der Waals surface area contributed by atoms with Crippen LogP contribution in [0.15, 0.2) is 59.5 Å². The Morgan fingerprint density at radius 1 is 1.00 bits per heavy atom. The lowest BCUT2D eigenvalue weighted by Gasteiger charge is -2.11. The summed E-state index contributed by atoms with van der Waals surface area (Å²) >= 11 is 0. The molecule has 2 rings (SSSR count). The number of ether oxygens (including phenoxy) is 1. The smallest absolute Gasteiger partial charge is 0.328 e. The van der Waals surface area contributed by atoms with Crippen molar-refractivity contribution in [3.63, 3.8) is 0 Å². The second-order valence-corrected chi connectivity index (χ2v) is 7.28. The van der Waals surface area contributed by atoms with E-state index in [0.29, 0.717) is 18.0 Å². The number of hydrogen-bond acceptors (Lipinski definition) is 4. The van der Waals surface area contributed by atoms with Crippen molar-refractivity contribution in [1.29, 1.82) is 0 Å². The third-order valence-corrected chi connectivity index (χ3v) is 4.36. The van der Waals surface area contributed by atoms with Crippen LogP contribution in [0.1, 0.15) is 13.8 Å². The van der Waals surface area contributed by atoms with Gasteiger partial charge in [0, 0.05) is 6.54 Å². The van der Waals surface area contributed by atoms with Gasteiger partial charge in [-0.3, -0.25) is 0 Å². The van der Waals surface area contributed by atoms with Crippen LogP contribution in [0.3, 0.4) is 0 Å². The number of amides is 2. The molecule has 0 saturated carbocycles. The quantitative estimate of drug-likeness (QED) is 0.840. The highest BCUT2D eigenvalue weighted by molar-refractivity contribution is 7.90. The first-order valence-corrected chi connectivity index (χ1v) is 8.99. The number of hydrogen-bond donors (Lipinski definition) is 2. The van der Waals surface area contributed by atoms with Crippen molar-refractivity contribution in [2.24, 2.45) is 5.92 Å². The number of urea groups is 1. The van der Waals surface area contributed by atoms with Crippen LogP contribution in [0.4, 0.5) is 4.79 Å². The van der Waals surface area contributed by atoms with E-state index in [1.807, 2.05) is 36.8 Å². The molecule has 2 amide bonds. The lowest BCUT2D eigenvalue weighted by Crippen LogP contribution is -2.40. The first-order valence-electron chi connectivity index (χ1n) is 7.50. The highest BCUT2D eigenvalue weighted by Gasteiger charge is 2.17. The summed E-state index contributed by atoms with van der Waals surface area (Å²) in [5.74, 6) is 1.39. The zero-order chi connectivity index (χ0) is 17.6. The molecule has 0 fully saturated rings. The standard InChI is InChI=1S/C17H20N2O4S/c1-13(2)12-18-17(20)19-24(21,22)16-10-8-15(9-11-16)23-14-6-4-3-5-7-14/h3-11,13H,12H2,1-2H3,(H2,18,19,20). The molecule has 0 atom stereocenters.